The van der Waals surface area contributed by atoms with Crippen LogP contribution in [0.25, 0.3) is 0 Å². The van der Waals surface area contributed by atoms with Gasteiger partial charge in [-0.25, -0.2) is 4.79 Å². The molecule has 0 aliphatic carbocycles. The Morgan fingerprint density at radius 1 is 1.00 bits per heavy atom. The molecule has 3 aromatic rings. The lowest BCUT2D eigenvalue weighted by Crippen LogP contribution is -2.26. The van der Waals surface area contributed by atoms with Crippen LogP contribution in [0.3, 0.4) is 0 Å². The maximum absolute atomic E-state index is 12.8. The number of methoxy groups -OCH3 is 1. The molecule has 0 aliphatic rings. The fourth-order valence-corrected chi connectivity index (χ4v) is 2.55. The third kappa shape index (κ3) is 4.36. The van der Waals surface area contributed by atoms with E-state index in [4.69, 9.17) is 13.9 Å². The van der Waals surface area contributed by atoms with Crippen molar-refractivity contribution in [3.05, 3.63) is 83.8 Å². The van der Waals surface area contributed by atoms with E-state index < -0.39 is 18.0 Å². The fourth-order valence-electron chi connectivity index (χ4n) is 2.55. The minimum Gasteiger partial charge on any atom is -0.497 e. The van der Waals surface area contributed by atoms with Crippen molar-refractivity contribution in [1.29, 1.82) is 0 Å². The highest BCUT2D eigenvalue weighted by Gasteiger charge is 2.27. The summed E-state index contributed by atoms with van der Waals surface area (Å²) in [4.78, 5) is 25.3. The lowest BCUT2D eigenvalue weighted by atomic mass is 10.1. The average Bonchev–Trinajstić information content (AvgIpc) is 3.13. The van der Waals surface area contributed by atoms with Gasteiger partial charge in [-0.15, -0.1) is 0 Å². The second-order valence-corrected chi connectivity index (χ2v) is 5.80. The van der Waals surface area contributed by atoms with Crippen LogP contribution in [0.4, 0.5) is 5.69 Å². The third-order valence-electron chi connectivity index (χ3n) is 4.00. The van der Waals surface area contributed by atoms with Gasteiger partial charge in [0.15, 0.2) is 0 Å². The first-order valence-electron chi connectivity index (χ1n) is 8.33. The van der Waals surface area contributed by atoms with Crippen molar-refractivity contribution in [3.8, 4) is 5.75 Å². The Kier molecular flexibility index (Phi) is 5.56. The van der Waals surface area contributed by atoms with Gasteiger partial charge in [-0.3, -0.25) is 4.79 Å². The van der Waals surface area contributed by atoms with Crippen LogP contribution >= 0.6 is 0 Å². The quantitative estimate of drug-likeness (QED) is 0.665. The molecule has 1 aromatic heterocycles. The molecular weight excluding hydrogens is 346 g/mol. The molecule has 6 heteroatoms. The number of ether oxygens (including phenoxy) is 2. The summed E-state index contributed by atoms with van der Waals surface area (Å²) in [6, 6.07) is 17.2. The first-order valence-corrected chi connectivity index (χ1v) is 8.33. The normalized spacial score (nSPS) is 11.5. The van der Waals surface area contributed by atoms with Crippen LogP contribution in [0.1, 0.15) is 27.8 Å². The number of aryl methyl sites for hydroxylation is 1. The number of hydrogen-bond acceptors (Lipinski definition) is 5. The van der Waals surface area contributed by atoms with Crippen molar-refractivity contribution in [2.75, 3.05) is 12.4 Å². The molecule has 138 valence electrons. The summed E-state index contributed by atoms with van der Waals surface area (Å²) >= 11 is 0. The summed E-state index contributed by atoms with van der Waals surface area (Å²) < 4.78 is 15.7. The van der Waals surface area contributed by atoms with Gasteiger partial charge < -0.3 is 19.2 Å². The van der Waals surface area contributed by atoms with Crippen molar-refractivity contribution in [3.63, 3.8) is 0 Å². The Morgan fingerprint density at radius 3 is 2.30 bits per heavy atom. The van der Waals surface area contributed by atoms with Gasteiger partial charge in [0.05, 0.1) is 13.4 Å². The first-order chi connectivity index (χ1) is 13.1. The molecule has 1 heterocycles. The molecule has 1 amide bonds. The van der Waals surface area contributed by atoms with Crippen LogP contribution in [0, 0.1) is 6.92 Å². The van der Waals surface area contributed by atoms with Crippen molar-refractivity contribution >= 4 is 17.6 Å². The molecule has 0 bridgehead atoms. The minimum atomic E-state index is -1.10. The number of carbonyl (C=O) groups excluding carboxylic acids is 2. The summed E-state index contributed by atoms with van der Waals surface area (Å²) in [5.74, 6) is 0.0256. The van der Waals surface area contributed by atoms with Gasteiger partial charge in [0.25, 0.3) is 5.91 Å². The second-order valence-electron chi connectivity index (χ2n) is 5.80. The zero-order valence-electron chi connectivity index (χ0n) is 15.0. The van der Waals surface area contributed by atoms with E-state index in [2.05, 4.69) is 5.32 Å². The van der Waals surface area contributed by atoms with E-state index in [0.717, 1.165) is 0 Å². The number of rotatable bonds is 6. The fraction of sp³-hybridized carbons (Fsp3) is 0.143. The Hall–Kier alpha value is -3.54. The Labute approximate surface area is 156 Å². The van der Waals surface area contributed by atoms with Gasteiger partial charge in [-0.1, -0.05) is 30.3 Å². The molecule has 0 aliphatic heterocycles. The summed E-state index contributed by atoms with van der Waals surface area (Å²) in [7, 11) is 1.57. The Bertz CT molecular complexity index is 915. The van der Waals surface area contributed by atoms with Crippen LogP contribution in [0.15, 0.2) is 71.3 Å². The summed E-state index contributed by atoms with van der Waals surface area (Å²) in [5, 5.41) is 2.76. The zero-order valence-corrected chi connectivity index (χ0v) is 15.0. The smallest absolute Gasteiger partial charge is 0.342 e. The molecule has 1 atom stereocenters. The number of furan rings is 1. The second kappa shape index (κ2) is 8.23. The van der Waals surface area contributed by atoms with E-state index in [9.17, 15) is 9.59 Å². The summed E-state index contributed by atoms with van der Waals surface area (Å²) in [5.41, 5.74) is 1.42. The number of esters is 1. The molecule has 0 saturated heterocycles. The highest BCUT2D eigenvalue weighted by molar-refractivity contribution is 5.98. The highest BCUT2D eigenvalue weighted by Crippen LogP contribution is 2.23. The van der Waals surface area contributed by atoms with Gasteiger partial charge >= 0.3 is 5.97 Å². The van der Waals surface area contributed by atoms with Crippen molar-refractivity contribution in [2.24, 2.45) is 0 Å². The third-order valence-corrected chi connectivity index (χ3v) is 4.00. The monoisotopic (exact) mass is 365 g/mol. The number of anilines is 1. The van der Waals surface area contributed by atoms with E-state index in [1.165, 1.54) is 12.3 Å². The van der Waals surface area contributed by atoms with Crippen LogP contribution in [0.5, 0.6) is 5.75 Å². The van der Waals surface area contributed by atoms with Crippen molar-refractivity contribution in [1.82, 2.24) is 0 Å². The van der Waals surface area contributed by atoms with Gasteiger partial charge in [0.2, 0.25) is 6.10 Å². The molecule has 2 aromatic carbocycles. The minimum absolute atomic E-state index is 0.285. The number of hydrogen-bond donors (Lipinski definition) is 1. The van der Waals surface area contributed by atoms with Gasteiger partial charge in [0, 0.05) is 11.3 Å². The van der Waals surface area contributed by atoms with Crippen LogP contribution in [-0.4, -0.2) is 19.0 Å². The molecule has 6 nitrogen and oxygen atoms in total. The standard InChI is InChI=1S/C21H19NO5/c1-14-18(12-13-26-14)21(24)27-19(15-6-4-3-5-7-15)20(23)22-16-8-10-17(25-2)11-9-16/h3-13,19H,1-2H3,(H,22,23)/t19-/m1/s1. The van der Waals surface area contributed by atoms with Crippen molar-refractivity contribution < 1.29 is 23.5 Å². The number of benzene rings is 2. The number of carbonyl (C=O) groups is 2. The number of amides is 1. The predicted molar refractivity (Wildman–Crippen MR) is 99.7 cm³/mol. The molecule has 3 rings (SSSR count). The van der Waals surface area contributed by atoms with E-state index in [1.807, 2.05) is 6.07 Å². The SMILES string of the molecule is COc1ccc(NC(=O)[C@H](OC(=O)c2ccoc2C)c2ccccc2)cc1. The molecule has 0 spiro atoms. The molecule has 1 N–H and O–H groups in total. The van der Waals surface area contributed by atoms with Crippen molar-refractivity contribution in [2.45, 2.75) is 13.0 Å². The lowest BCUT2D eigenvalue weighted by molar-refractivity contribution is -0.125. The van der Waals surface area contributed by atoms with E-state index >= 15 is 0 Å². The number of nitrogens with one attached hydrogen (secondary N) is 1. The van der Waals surface area contributed by atoms with Crippen LogP contribution < -0.4 is 10.1 Å². The molecule has 0 radical (unpaired) electrons. The van der Waals surface area contributed by atoms with E-state index in [0.29, 0.717) is 22.8 Å². The van der Waals surface area contributed by atoms with Crippen LogP contribution in [-0.2, 0) is 9.53 Å². The van der Waals surface area contributed by atoms with E-state index in [1.54, 1.807) is 62.6 Å². The zero-order chi connectivity index (χ0) is 19.2. The average molecular weight is 365 g/mol. The molecule has 27 heavy (non-hydrogen) atoms. The van der Waals surface area contributed by atoms with Gasteiger partial charge in [-0.05, 0) is 37.3 Å². The first kappa shape index (κ1) is 18.3. The van der Waals surface area contributed by atoms with Crippen LogP contribution in [0.2, 0.25) is 0 Å². The summed E-state index contributed by atoms with van der Waals surface area (Å²) in [6.45, 7) is 1.66. The topological polar surface area (TPSA) is 77.8 Å². The predicted octanol–water partition coefficient (Wildman–Crippen LogP) is 4.13. The Balaban J connectivity index is 1.82. The summed E-state index contributed by atoms with van der Waals surface area (Å²) in [6.07, 6.45) is 0.302. The molecule has 0 saturated carbocycles. The van der Waals surface area contributed by atoms with Gasteiger partial charge in [0.1, 0.15) is 17.1 Å². The van der Waals surface area contributed by atoms with E-state index in [-0.39, 0.29) is 5.56 Å². The molecular formula is C21H19NO5. The molecule has 0 fully saturated rings. The largest absolute Gasteiger partial charge is 0.497 e. The highest BCUT2D eigenvalue weighted by atomic mass is 16.5. The lowest BCUT2D eigenvalue weighted by Gasteiger charge is -2.18. The maximum atomic E-state index is 12.8. The Morgan fingerprint density at radius 2 is 1.70 bits per heavy atom. The maximum Gasteiger partial charge on any atom is 0.342 e. The molecule has 0 unspecified atom stereocenters. The van der Waals surface area contributed by atoms with Gasteiger partial charge in [-0.2, -0.15) is 0 Å².